The molecule has 1 saturated carbocycles. The monoisotopic (exact) mass is 269 g/mol. The number of sulfone groups is 1. The van der Waals surface area contributed by atoms with Gasteiger partial charge in [0.25, 0.3) is 0 Å². The highest BCUT2D eigenvalue weighted by molar-refractivity contribution is 7.90. The van der Waals surface area contributed by atoms with Crippen molar-refractivity contribution in [3.8, 4) is 0 Å². The molecule has 1 atom stereocenters. The molecule has 98 valence electrons. The Labute approximate surface area is 106 Å². The van der Waals surface area contributed by atoms with Crippen LogP contribution in [0.5, 0.6) is 0 Å². The van der Waals surface area contributed by atoms with E-state index >= 15 is 0 Å². The Morgan fingerprint density at radius 1 is 1.39 bits per heavy atom. The fourth-order valence-electron chi connectivity index (χ4n) is 2.32. The highest BCUT2D eigenvalue weighted by Gasteiger charge is 2.53. The molecule has 2 rings (SSSR count). The SMILES string of the molecule is CS(=O)(=O)c1ccccc1C1(C(N)C(=O)O)CC1. The second kappa shape index (κ2) is 4.07. The zero-order valence-electron chi connectivity index (χ0n) is 9.96. The topological polar surface area (TPSA) is 97.5 Å². The van der Waals surface area contributed by atoms with Crippen LogP contribution in [0.4, 0.5) is 0 Å². The zero-order chi connectivity index (χ0) is 13.6. The van der Waals surface area contributed by atoms with Gasteiger partial charge in [0.05, 0.1) is 4.90 Å². The predicted octanol–water partition coefficient (Wildman–Crippen LogP) is 0.534. The second-order valence-electron chi connectivity index (χ2n) is 4.74. The molecule has 0 heterocycles. The van der Waals surface area contributed by atoms with E-state index in [1.807, 2.05) is 0 Å². The van der Waals surface area contributed by atoms with Crippen LogP contribution < -0.4 is 5.73 Å². The van der Waals surface area contributed by atoms with Crippen LogP contribution >= 0.6 is 0 Å². The maximum Gasteiger partial charge on any atom is 0.321 e. The summed E-state index contributed by atoms with van der Waals surface area (Å²) in [7, 11) is -3.38. The number of carboxylic acids is 1. The predicted molar refractivity (Wildman–Crippen MR) is 66.1 cm³/mol. The van der Waals surface area contributed by atoms with Crippen LogP contribution in [0.25, 0.3) is 0 Å². The summed E-state index contributed by atoms with van der Waals surface area (Å²) in [4.78, 5) is 11.2. The van der Waals surface area contributed by atoms with Crippen molar-refractivity contribution in [3.63, 3.8) is 0 Å². The normalized spacial score (nSPS) is 19.2. The van der Waals surface area contributed by atoms with Crippen LogP contribution in [0.2, 0.25) is 0 Å². The van der Waals surface area contributed by atoms with Gasteiger partial charge >= 0.3 is 5.97 Å². The van der Waals surface area contributed by atoms with E-state index in [1.54, 1.807) is 18.2 Å². The Bertz CT molecular complexity index is 590. The van der Waals surface area contributed by atoms with Crippen molar-refractivity contribution in [3.05, 3.63) is 29.8 Å². The number of benzene rings is 1. The Morgan fingerprint density at radius 2 is 1.94 bits per heavy atom. The van der Waals surface area contributed by atoms with E-state index < -0.39 is 27.3 Å². The lowest BCUT2D eigenvalue weighted by Gasteiger charge is -2.22. The number of carboxylic acid groups (broad SMARTS) is 1. The number of rotatable bonds is 4. The minimum atomic E-state index is -3.38. The summed E-state index contributed by atoms with van der Waals surface area (Å²) in [6.45, 7) is 0. The maximum atomic E-state index is 11.7. The van der Waals surface area contributed by atoms with Gasteiger partial charge in [-0.3, -0.25) is 4.79 Å². The molecule has 0 aliphatic heterocycles. The first-order valence-corrected chi connectivity index (χ1v) is 7.46. The van der Waals surface area contributed by atoms with Crippen molar-refractivity contribution in [2.45, 2.75) is 29.2 Å². The summed E-state index contributed by atoms with van der Waals surface area (Å²) >= 11 is 0. The second-order valence-corrected chi connectivity index (χ2v) is 6.72. The highest BCUT2D eigenvalue weighted by atomic mass is 32.2. The molecule has 0 bridgehead atoms. The van der Waals surface area contributed by atoms with Crippen molar-refractivity contribution >= 4 is 15.8 Å². The van der Waals surface area contributed by atoms with Crippen LogP contribution in [0.15, 0.2) is 29.2 Å². The fraction of sp³-hybridized carbons (Fsp3) is 0.417. The van der Waals surface area contributed by atoms with E-state index in [-0.39, 0.29) is 4.90 Å². The lowest BCUT2D eigenvalue weighted by molar-refractivity contribution is -0.139. The van der Waals surface area contributed by atoms with Gasteiger partial charge in [0.1, 0.15) is 6.04 Å². The van der Waals surface area contributed by atoms with E-state index in [4.69, 9.17) is 10.8 Å². The first-order chi connectivity index (χ1) is 8.29. The third-order valence-electron chi connectivity index (χ3n) is 3.47. The van der Waals surface area contributed by atoms with E-state index in [1.165, 1.54) is 6.07 Å². The Kier molecular flexibility index (Phi) is 2.95. The lowest BCUT2D eigenvalue weighted by Crippen LogP contribution is -2.42. The molecule has 18 heavy (non-hydrogen) atoms. The van der Waals surface area contributed by atoms with Gasteiger partial charge in [-0.1, -0.05) is 18.2 Å². The largest absolute Gasteiger partial charge is 0.480 e. The summed E-state index contributed by atoms with van der Waals surface area (Å²) in [6.07, 6.45) is 2.33. The van der Waals surface area contributed by atoms with E-state index in [0.717, 1.165) is 6.26 Å². The van der Waals surface area contributed by atoms with Crippen molar-refractivity contribution in [2.24, 2.45) is 5.73 Å². The summed E-state index contributed by atoms with van der Waals surface area (Å²) < 4.78 is 23.5. The van der Waals surface area contributed by atoms with E-state index in [2.05, 4.69) is 0 Å². The Balaban J connectivity index is 2.57. The van der Waals surface area contributed by atoms with Gasteiger partial charge < -0.3 is 10.8 Å². The number of carbonyl (C=O) groups is 1. The first kappa shape index (κ1) is 13.0. The summed E-state index contributed by atoms with van der Waals surface area (Å²) in [6, 6.07) is 5.42. The fourth-order valence-corrected chi connectivity index (χ4v) is 3.32. The zero-order valence-corrected chi connectivity index (χ0v) is 10.8. The van der Waals surface area contributed by atoms with Crippen molar-refractivity contribution in [2.75, 3.05) is 6.26 Å². The summed E-state index contributed by atoms with van der Waals surface area (Å²) in [5.74, 6) is -1.10. The molecule has 1 aromatic rings. The van der Waals surface area contributed by atoms with E-state index in [0.29, 0.717) is 18.4 Å². The summed E-state index contributed by atoms with van der Waals surface area (Å²) in [5.41, 5.74) is 5.51. The lowest BCUT2D eigenvalue weighted by atomic mass is 9.88. The Morgan fingerprint density at radius 3 is 2.39 bits per heavy atom. The average molecular weight is 269 g/mol. The third kappa shape index (κ3) is 2.02. The molecule has 0 saturated heterocycles. The number of hydrogen-bond donors (Lipinski definition) is 2. The van der Waals surface area contributed by atoms with Crippen molar-refractivity contribution in [1.29, 1.82) is 0 Å². The average Bonchev–Trinajstić information content (AvgIpc) is 3.08. The first-order valence-electron chi connectivity index (χ1n) is 5.57. The quantitative estimate of drug-likeness (QED) is 0.831. The molecule has 5 nitrogen and oxygen atoms in total. The van der Waals surface area contributed by atoms with E-state index in [9.17, 15) is 13.2 Å². The molecule has 1 aliphatic carbocycles. The number of aliphatic carboxylic acids is 1. The molecule has 1 aliphatic rings. The third-order valence-corrected chi connectivity index (χ3v) is 4.63. The molecule has 0 radical (unpaired) electrons. The van der Waals surface area contributed by atoms with Gasteiger partial charge in [-0.05, 0) is 24.5 Å². The minimum absolute atomic E-state index is 0.180. The molecular weight excluding hydrogens is 254 g/mol. The van der Waals surface area contributed by atoms with Crippen LogP contribution in [0, 0.1) is 0 Å². The highest BCUT2D eigenvalue weighted by Crippen LogP contribution is 2.52. The van der Waals surface area contributed by atoms with Crippen LogP contribution in [0.3, 0.4) is 0 Å². The van der Waals surface area contributed by atoms with Gasteiger partial charge in [-0.15, -0.1) is 0 Å². The number of hydrogen-bond acceptors (Lipinski definition) is 4. The molecule has 6 heteroatoms. The molecule has 0 spiro atoms. The van der Waals surface area contributed by atoms with Crippen molar-refractivity contribution < 1.29 is 18.3 Å². The summed E-state index contributed by atoms with van der Waals surface area (Å²) in [5, 5.41) is 9.04. The standard InChI is InChI=1S/C12H15NO4S/c1-18(16,17)9-5-3-2-4-8(9)12(6-7-12)10(13)11(14)15/h2-5,10H,6-7,13H2,1H3,(H,14,15). The van der Waals surface area contributed by atoms with Crippen LogP contribution in [-0.2, 0) is 20.0 Å². The molecule has 1 fully saturated rings. The molecule has 3 N–H and O–H groups in total. The number of nitrogens with two attached hydrogens (primary N) is 1. The van der Waals surface area contributed by atoms with Gasteiger partial charge in [-0.25, -0.2) is 8.42 Å². The van der Waals surface area contributed by atoms with Gasteiger partial charge in [0.2, 0.25) is 0 Å². The van der Waals surface area contributed by atoms with Crippen LogP contribution in [0.1, 0.15) is 18.4 Å². The Hall–Kier alpha value is -1.40. The van der Waals surface area contributed by atoms with Gasteiger partial charge in [-0.2, -0.15) is 0 Å². The molecular formula is C12H15NO4S. The smallest absolute Gasteiger partial charge is 0.321 e. The van der Waals surface area contributed by atoms with Crippen molar-refractivity contribution in [1.82, 2.24) is 0 Å². The molecule has 1 unspecified atom stereocenters. The molecule has 1 aromatic carbocycles. The molecule has 0 amide bonds. The maximum absolute atomic E-state index is 11.7. The minimum Gasteiger partial charge on any atom is -0.480 e. The van der Waals surface area contributed by atoms with Gasteiger partial charge in [0.15, 0.2) is 9.84 Å². The van der Waals surface area contributed by atoms with Crippen LogP contribution in [-0.4, -0.2) is 31.8 Å². The van der Waals surface area contributed by atoms with Gasteiger partial charge in [0, 0.05) is 11.7 Å². The molecule has 0 aromatic heterocycles.